The third-order valence-electron chi connectivity index (χ3n) is 2.24. The molecule has 0 spiro atoms. The average Bonchev–Trinajstić information content (AvgIpc) is 2.76. The molecule has 0 atom stereocenters. The molecule has 2 aromatic rings. The van der Waals surface area contributed by atoms with Crippen LogP contribution in [0.2, 0.25) is 0 Å². The number of sulfone groups is 1. The fourth-order valence-electron chi connectivity index (χ4n) is 1.39. The van der Waals surface area contributed by atoms with E-state index >= 15 is 0 Å². The molecule has 0 amide bonds. The van der Waals surface area contributed by atoms with Crippen LogP contribution in [0.4, 0.5) is 0 Å². The van der Waals surface area contributed by atoms with Crippen molar-refractivity contribution in [1.29, 1.82) is 0 Å². The molecule has 90 valence electrons. The predicted molar refractivity (Wildman–Crippen MR) is 66.9 cm³/mol. The highest BCUT2D eigenvalue weighted by Gasteiger charge is 2.13. The second-order valence-electron chi connectivity index (χ2n) is 3.72. The van der Waals surface area contributed by atoms with Crippen molar-refractivity contribution in [3.05, 3.63) is 40.9 Å². The van der Waals surface area contributed by atoms with Crippen LogP contribution in [0.1, 0.15) is 10.6 Å². The van der Waals surface area contributed by atoms with Crippen LogP contribution in [-0.4, -0.2) is 24.9 Å². The molecule has 6 heteroatoms. The van der Waals surface area contributed by atoms with Crippen molar-refractivity contribution < 1.29 is 8.42 Å². The van der Waals surface area contributed by atoms with E-state index in [0.29, 0.717) is 0 Å². The first-order valence-corrected chi connectivity index (χ1v) is 7.83. The molecule has 0 unspecified atom stereocenters. The Bertz CT molecular complexity index is 591. The fourth-order valence-corrected chi connectivity index (χ4v) is 3.04. The van der Waals surface area contributed by atoms with Crippen LogP contribution in [0, 0.1) is 0 Å². The van der Waals surface area contributed by atoms with Crippen LogP contribution >= 0.6 is 11.3 Å². The maximum atomic E-state index is 11.2. The second-order valence-corrected chi connectivity index (χ2v) is 6.97. The van der Waals surface area contributed by atoms with Gasteiger partial charge in [0, 0.05) is 12.7 Å². The van der Waals surface area contributed by atoms with E-state index in [1.165, 1.54) is 5.56 Å². The van der Waals surface area contributed by atoms with Gasteiger partial charge in [-0.05, 0) is 12.0 Å². The third kappa shape index (κ3) is 3.34. The van der Waals surface area contributed by atoms with E-state index in [-0.39, 0.29) is 4.34 Å². The Morgan fingerprint density at radius 3 is 2.41 bits per heavy atom. The maximum absolute atomic E-state index is 11.2. The minimum absolute atomic E-state index is 0.0977. The molecule has 0 N–H and O–H groups in total. The molecule has 1 heterocycles. The van der Waals surface area contributed by atoms with Crippen LogP contribution < -0.4 is 0 Å². The first kappa shape index (κ1) is 12.2. The van der Waals surface area contributed by atoms with Gasteiger partial charge in [0.05, 0.1) is 0 Å². The van der Waals surface area contributed by atoms with Crippen molar-refractivity contribution in [1.82, 2.24) is 10.2 Å². The van der Waals surface area contributed by atoms with Gasteiger partial charge in [-0.15, -0.1) is 10.2 Å². The predicted octanol–water partition coefficient (Wildman–Crippen LogP) is 1.73. The van der Waals surface area contributed by atoms with Gasteiger partial charge >= 0.3 is 0 Å². The number of benzene rings is 1. The van der Waals surface area contributed by atoms with E-state index in [1.807, 2.05) is 30.3 Å². The zero-order valence-corrected chi connectivity index (χ0v) is 11.0. The Hall–Kier alpha value is -1.27. The highest BCUT2D eigenvalue weighted by molar-refractivity contribution is 7.92. The van der Waals surface area contributed by atoms with Gasteiger partial charge in [-0.1, -0.05) is 41.7 Å². The largest absolute Gasteiger partial charge is 0.232 e. The summed E-state index contributed by atoms with van der Waals surface area (Å²) in [5.41, 5.74) is 1.21. The van der Waals surface area contributed by atoms with Gasteiger partial charge in [-0.2, -0.15) is 0 Å². The van der Waals surface area contributed by atoms with Crippen LogP contribution in [-0.2, 0) is 22.7 Å². The number of hydrogen-bond donors (Lipinski definition) is 0. The smallest absolute Gasteiger partial charge is 0.221 e. The number of hydrogen-bond acceptors (Lipinski definition) is 5. The number of nitrogens with zero attached hydrogens (tertiary/aromatic N) is 2. The number of aryl methyl sites for hydroxylation is 2. The number of rotatable bonds is 4. The van der Waals surface area contributed by atoms with Crippen molar-refractivity contribution in [2.45, 2.75) is 17.2 Å². The van der Waals surface area contributed by atoms with Crippen LogP contribution in [0.5, 0.6) is 0 Å². The van der Waals surface area contributed by atoms with Gasteiger partial charge in [-0.3, -0.25) is 0 Å². The molecular formula is C11H12N2O2S2. The van der Waals surface area contributed by atoms with Crippen molar-refractivity contribution in [2.75, 3.05) is 6.26 Å². The first-order valence-electron chi connectivity index (χ1n) is 5.12. The summed E-state index contributed by atoms with van der Waals surface area (Å²) in [4.78, 5) is 0. The Morgan fingerprint density at radius 1 is 1.12 bits per heavy atom. The summed E-state index contributed by atoms with van der Waals surface area (Å²) in [6.07, 6.45) is 2.71. The van der Waals surface area contributed by atoms with Gasteiger partial charge < -0.3 is 0 Å². The zero-order valence-electron chi connectivity index (χ0n) is 9.33. The lowest BCUT2D eigenvalue weighted by Gasteiger charge is -1.96. The minimum Gasteiger partial charge on any atom is -0.221 e. The molecule has 0 aliphatic carbocycles. The third-order valence-corrected chi connectivity index (χ3v) is 4.89. The molecule has 0 bridgehead atoms. The van der Waals surface area contributed by atoms with Crippen molar-refractivity contribution in [3.8, 4) is 0 Å². The molecular weight excluding hydrogens is 256 g/mol. The topological polar surface area (TPSA) is 59.9 Å². The van der Waals surface area contributed by atoms with E-state index in [1.54, 1.807) is 0 Å². The van der Waals surface area contributed by atoms with Crippen molar-refractivity contribution in [3.63, 3.8) is 0 Å². The summed E-state index contributed by atoms with van der Waals surface area (Å²) < 4.78 is 22.6. The summed E-state index contributed by atoms with van der Waals surface area (Å²) in [6.45, 7) is 0. The fraction of sp³-hybridized carbons (Fsp3) is 0.273. The average molecular weight is 268 g/mol. The molecule has 0 aliphatic rings. The Labute approximate surface area is 104 Å². The molecule has 17 heavy (non-hydrogen) atoms. The van der Waals surface area contributed by atoms with Gasteiger partial charge in [-0.25, -0.2) is 8.42 Å². The molecule has 4 nitrogen and oxygen atoms in total. The lowest BCUT2D eigenvalue weighted by Crippen LogP contribution is -1.95. The summed E-state index contributed by atoms with van der Waals surface area (Å²) in [5, 5.41) is 8.33. The molecule has 1 aromatic heterocycles. The van der Waals surface area contributed by atoms with Gasteiger partial charge in [0.25, 0.3) is 0 Å². The van der Waals surface area contributed by atoms with Crippen LogP contribution in [0.15, 0.2) is 34.7 Å². The second kappa shape index (κ2) is 4.93. The maximum Gasteiger partial charge on any atom is 0.232 e. The molecule has 1 aromatic carbocycles. The highest BCUT2D eigenvalue weighted by atomic mass is 32.2. The van der Waals surface area contributed by atoms with Crippen LogP contribution in [0.3, 0.4) is 0 Å². The van der Waals surface area contributed by atoms with E-state index in [4.69, 9.17) is 0 Å². The molecule has 0 fully saturated rings. The van der Waals surface area contributed by atoms with Gasteiger partial charge in [0.15, 0.2) is 0 Å². The summed E-state index contributed by atoms with van der Waals surface area (Å²) >= 11 is 1.15. The van der Waals surface area contributed by atoms with E-state index in [9.17, 15) is 8.42 Å². The Kier molecular flexibility index (Phi) is 3.54. The molecule has 0 aliphatic heterocycles. The van der Waals surface area contributed by atoms with E-state index in [0.717, 1.165) is 35.4 Å². The van der Waals surface area contributed by atoms with Gasteiger partial charge in [0.2, 0.25) is 14.2 Å². The van der Waals surface area contributed by atoms with Gasteiger partial charge in [0.1, 0.15) is 5.01 Å². The van der Waals surface area contributed by atoms with Crippen molar-refractivity contribution in [2.24, 2.45) is 0 Å². The molecule has 0 saturated heterocycles. The SMILES string of the molecule is CS(=O)(=O)c1nnc(CCc2ccccc2)s1. The highest BCUT2D eigenvalue weighted by Crippen LogP contribution is 2.16. The Morgan fingerprint density at radius 2 is 1.82 bits per heavy atom. The Balaban J connectivity index is 2.04. The monoisotopic (exact) mass is 268 g/mol. The quantitative estimate of drug-likeness (QED) is 0.847. The molecule has 2 rings (SSSR count). The van der Waals surface area contributed by atoms with Crippen molar-refractivity contribution >= 4 is 21.2 Å². The lowest BCUT2D eigenvalue weighted by molar-refractivity contribution is 0.600. The molecule has 0 saturated carbocycles. The summed E-state index contributed by atoms with van der Waals surface area (Å²) in [7, 11) is -3.22. The standard InChI is InChI=1S/C11H12N2O2S2/c1-17(14,15)11-13-12-10(16-11)8-7-9-5-3-2-4-6-9/h2-6H,7-8H2,1H3. The van der Waals surface area contributed by atoms with E-state index < -0.39 is 9.84 Å². The minimum atomic E-state index is -3.22. The molecule has 0 radical (unpaired) electrons. The van der Waals surface area contributed by atoms with E-state index in [2.05, 4.69) is 10.2 Å². The number of aromatic nitrogens is 2. The zero-order chi connectivity index (χ0) is 12.3. The lowest BCUT2D eigenvalue weighted by atomic mass is 10.1. The summed E-state index contributed by atoms with van der Waals surface area (Å²) in [6, 6.07) is 10.0. The summed E-state index contributed by atoms with van der Waals surface area (Å²) in [5.74, 6) is 0. The normalized spacial score (nSPS) is 11.6. The van der Waals surface area contributed by atoms with Crippen LogP contribution in [0.25, 0.3) is 0 Å². The first-order chi connectivity index (χ1) is 8.05.